The monoisotopic (exact) mass is 1390 g/mol. The molecule has 0 aliphatic carbocycles. The van der Waals surface area contributed by atoms with Gasteiger partial charge in [0.05, 0.1) is 0 Å². The van der Waals surface area contributed by atoms with Crippen molar-refractivity contribution >= 4 is 71.3 Å². The van der Waals surface area contributed by atoms with E-state index in [0.717, 1.165) is 44.4 Å². The average Bonchev–Trinajstić information content (AvgIpc) is 3.39. The first-order valence-corrected chi connectivity index (χ1v) is 29.9. The molecule has 84 heavy (non-hydrogen) atoms. The van der Waals surface area contributed by atoms with Crippen LogP contribution in [0.15, 0.2) is 60.8 Å². The predicted octanol–water partition coefficient (Wildman–Crippen LogP) is 15.2. The van der Waals surface area contributed by atoms with Gasteiger partial charge in [0.15, 0.2) is 0 Å². The Hall–Kier alpha value is 2.61. The van der Waals surface area contributed by atoms with E-state index in [1.165, 1.54) is 104 Å². The van der Waals surface area contributed by atoms with Gasteiger partial charge in [-0.1, -0.05) is 310 Å². The fraction of sp³-hybridized carbons (Fsp3) is 0.783. The first-order valence-electron chi connectivity index (χ1n) is 29.9. The van der Waals surface area contributed by atoms with Crippen LogP contribution in [0.3, 0.4) is 0 Å². The van der Waals surface area contributed by atoms with Crippen molar-refractivity contribution in [1.82, 2.24) is 0 Å². The zero-order valence-corrected chi connectivity index (χ0v) is 75.7. The molecule has 0 aliphatic heterocycles. The van der Waals surface area contributed by atoms with Crippen LogP contribution in [0.4, 0.5) is 0 Å². The summed E-state index contributed by atoms with van der Waals surface area (Å²) in [6.07, 6.45) is 45.9. The van der Waals surface area contributed by atoms with E-state index in [1.807, 2.05) is 126 Å². The number of hydrogen-bond acceptors (Lipinski definition) is 8. The third-order valence-corrected chi connectivity index (χ3v) is 5.39. The molecule has 10 nitrogen and oxygen atoms in total. The molecular weight excluding hydrogens is 1220 g/mol. The van der Waals surface area contributed by atoms with Crippen LogP contribution in [-0.2, 0) is 50.6 Å². The van der Waals surface area contributed by atoms with Crippen molar-refractivity contribution in [3.8, 4) is 0 Å². The third-order valence-electron chi connectivity index (χ3n) is 5.39. The Morgan fingerprint density at radius 3 is 0.536 bits per heavy atom. The maximum atomic E-state index is 10.1. The summed E-state index contributed by atoms with van der Waals surface area (Å²) in [5, 5.41) is 20.2. The summed E-state index contributed by atoms with van der Waals surface area (Å²) in [5.74, 6) is 0. The Kier molecular flexibility index (Phi) is 621. The van der Waals surface area contributed by atoms with Gasteiger partial charge in [-0.25, -0.2) is 0 Å². The summed E-state index contributed by atoms with van der Waals surface area (Å²) in [4.78, 5) is 36.3. The van der Waals surface area contributed by atoms with Gasteiger partial charge in [0.1, 0.15) is 25.1 Å². The van der Waals surface area contributed by atoms with Crippen LogP contribution in [0.25, 0.3) is 0 Å². The average molecular weight is 1390 g/mol. The molecule has 0 saturated heterocycles. The zero-order chi connectivity index (χ0) is 63.6. The van der Waals surface area contributed by atoms with Gasteiger partial charge in [0.25, 0.3) is 0 Å². The van der Waals surface area contributed by atoms with Gasteiger partial charge in [-0.2, -0.15) is 0 Å². The number of aldehydes is 4. The molecular formula is C69H167K2Mg2O10Pd-. The third kappa shape index (κ3) is 1270. The van der Waals surface area contributed by atoms with E-state index in [-0.39, 0.29) is 204 Å². The molecule has 0 fully saturated rings. The van der Waals surface area contributed by atoms with Crippen LogP contribution in [0, 0.1) is 7.43 Å². The number of allylic oxidation sites excluding steroid dienone is 10. The Morgan fingerprint density at radius 2 is 0.500 bits per heavy atom. The summed E-state index contributed by atoms with van der Waals surface area (Å²) in [5.41, 5.74) is -1.50. The number of hydrogen-bond donors (Lipinski definition) is 0. The zero-order valence-electron chi connectivity index (χ0n) is 69.0. The molecule has 0 saturated carbocycles. The summed E-state index contributed by atoms with van der Waals surface area (Å²) in [6.45, 7) is 66.5. The van der Waals surface area contributed by atoms with Gasteiger partial charge >= 0.3 is 149 Å². The van der Waals surface area contributed by atoms with E-state index in [4.69, 9.17) is 9.59 Å². The molecule has 0 radical (unpaired) electrons. The Labute approximate surface area is 672 Å². The quantitative estimate of drug-likeness (QED) is 0.0403. The Bertz CT molecular complexity index is 780. The topological polar surface area (TPSA) is 240 Å². The maximum absolute atomic E-state index is 10.1. The molecule has 0 aromatic rings. The summed E-state index contributed by atoms with van der Waals surface area (Å²) >= 11 is 0. The minimum Gasteiger partial charge on any atom is -1.00 e. The molecule has 0 aliphatic rings. The number of carbonyl (C=O) groups is 4. The normalized spacial score (nSPS) is 7.38. The Balaban J connectivity index is -0.0000000126. The van der Waals surface area contributed by atoms with E-state index in [9.17, 15) is 19.8 Å². The number of rotatable bonds is 14. The molecule has 15 heteroatoms. The van der Waals surface area contributed by atoms with Crippen molar-refractivity contribution in [2.24, 2.45) is 0 Å². The van der Waals surface area contributed by atoms with E-state index < -0.39 is 11.2 Å². The molecule has 0 atom stereocenters. The van der Waals surface area contributed by atoms with Crippen LogP contribution < -0.4 is 113 Å². The van der Waals surface area contributed by atoms with Gasteiger partial charge in [0, 0.05) is 33.3 Å². The molecule has 520 valence electrons. The summed E-state index contributed by atoms with van der Waals surface area (Å²) < 4.78 is 0. The second-order valence-electron chi connectivity index (χ2n) is 16.1. The molecule has 0 aromatic carbocycles. The SMILES string of the molecule is C/C=C/CCC.C/C=C/CCC.CC.CC.CC.CC(C)(C)[O-].CC(C)(C)[O-].CC=CC.CC=CC.CC=CC.CC=O.CC=O.CCC.CCC=O.CCCC.CCCCC.CCCCC=O.CCCCCC.[CH3-].[H-].[H-].[H-].[H-].[K+].[K+].[Mg+2].[Mg+2].[OH-].[OH-].[OH3+].[OH3+].[Pd]. The number of carbonyl (C=O) groups excluding carboxylic acids is 4. The van der Waals surface area contributed by atoms with Crippen molar-refractivity contribution < 1.29 is 180 Å². The minimum atomic E-state index is -0.750. The second-order valence-corrected chi connectivity index (χ2v) is 16.1. The first-order chi connectivity index (χ1) is 34.9. The van der Waals surface area contributed by atoms with Crippen molar-refractivity contribution in [2.45, 2.75) is 362 Å². The minimum absolute atomic E-state index is 0. The van der Waals surface area contributed by atoms with Crippen molar-refractivity contribution in [3.63, 3.8) is 0 Å². The van der Waals surface area contributed by atoms with Crippen LogP contribution in [-0.4, -0.2) is 93.4 Å². The predicted molar refractivity (Wildman–Crippen MR) is 387 cm³/mol. The molecule has 0 unspecified atom stereocenters. The van der Waals surface area contributed by atoms with Crippen LogP contribution in [0.2, 0.25) is 0 Å². The van der Waals surface area contributed by atoms with Gasteiger partial charge in [0.2, 0.25) is 0 Å². The largest absolute Gasteiger partial charge is 2.00 e. The first kappa shape index (κ1) is 185. The standard InChI is InChI=1S/C6H14.2C6H12.C5H10O.C5H12.2C4H9O.C4H10.3C4H8.C3H6O.C3H8.2C2H4O.3C2H6.CH3.2K.2Mg.4H2O.Pd.4H/c3*1-3-5-6-4-2;1-2-3-4-5-6;1-3-5-4-2;2*1-4(2,3)5;4*1-3-4-2;1-2-3-4;1-3-2;2*1-2-3;3*1-2;;;;;;;;;;;;;;/h3-6H2,1-2H3;2*3,5H,4,6H2,1-2H3;5H,2-4H2,1H3;3-5H2,1-2H3;2*1-3H3;3-4H2,1-2H3;3*3-4H,1-2H3;3H,2H2,1H3;3H2,1-2H3;2*2H,1H3;3*1-2H3;1H3;;;;;4*1H2;;;;;/q;;;;;2*-1;;;;;;;;;;;;-1;2*+1;2*+2;;;;;;4*-1/b;2*5-3+;;;;;;;;;;;;;;;;;;;;;;;;;;;;;. The smallest absolute Gasteiger partial charge is 1.00 e. The maximum Gasteiger partial charge on any atom is 2.00 e. The van der Waals surface area contributed by atoms with Crippen LogP contribution in [0.5, 0.6) is 0 Å². The second kappa shape index (κ2) is 282. The molecule has 0 aromatic heterocycles. The molecule has 0 rings (SSSR count). The van der Waals surface area contributed by atoms with Crippen molar-refractivity contribution in [3.05, 3.63) is 68.2 Å². The fourth-order valence-corrected chi connectivity index (χ4v) is 1.81. The van der Waals surface area contributed by atoms with Gasteiger partial charge in [-0.15, -0.1) is 11.2 Å². The Morgan fingerprint density at radius 1 is 0.345 bits per heavy atom. The van der Waals surface area contributed by atoms with Crippen molar-refractivity contribution in [2.75, 3.05) is 0 Å². The van der Waals surface area contributed by atoms with E-state index in [0.29, 0.717) is 6.42 Å². The molecule has 0 amide bonds. The van der Waals surface area contributed by atoms with Gasteiger partial charge < -0.3 is 64.4 Å². The van der Waals surface area contributed by atoms with Crippen LogP contribution >= 0.6 is 0 Å². The summed E-state index contributed by atoms with van der Waals surface area (Å²) in [7, 11) is 0. The van der Waals surface area contributed by atoms with Gasteiger partial charge in [-0.05, 0) is 88.5 Å². The molecule has 8 N–H and O–H groups in total. The van der Waals surface area contributed by atoms with E-state index in [2.05, 4.69) is 114 Å². The van der Waals surface area contributed by atoms with E-state index >= 15 is 0 Å². The molecule has 0 spiro atoms. The number of unbranched alkanes of at least 4 members (excludes halogenated alkanes) is 10. The molecule has 0 heterocycles. The van der Waals surface area contributed by atoms with E-state index in [1.54, 1.807) is 41.5 Å². The fourth-order valence-electron chi connectivity index (χ4n) is 1.81. The van der Waals surface area contributed by atoms with Gasteiger partial charge in [-0.3, -0.25) is 0 Å². The molecule has 0 bridgehead atoms. The van der Waals surface area contributed by atoms with Crippen LogP contribution in [0.1, 0.15) is 357 Å². The van der Waals surface area contributed by atoms with Crippen molar-refractivity contribution in [1.29, 1.82) is 0 Å². The summed E-state index contributed by atoms with van der Waals surface area (Å²) in [6, 6.07) is 0.